The smallest absolute Gasteiger partial charge is 0.282 e. The molecule has 6 nitrogen and oxygen atoms in total. The fourth-order valence-electron chi connectivity index (χ4n) is 1.93. The molecule has 2 N–H and O–H groups in total. The second kappa shape index (κ2) is 6.04. The Bertz CT molecular complexity index is 698. The molecule has 0 unspecified atom stereocenters. The number of carbonyl (C=O) groups excluding carboxylic acids is 1. The molecule has 2 rings (SSSR count). The number of aryl methyl sites for hydroxylation is 1. The number of benzene rings is 2. The van der Waals surface area contributed by atoms with E-state index in [2.05, 4.69) is 5.32 Å². The van der Waals surface area contributed by atoms with Gasteiger partial charge in [-0.15, -0.1) is 0 Å². The second-order valence-corrected chi connectivity index (χ2v) is 4.63. The number of phenolic OH excluding ortho intramolecular Hbond substituents is 1. The van der Waals surface area contributed by atoms with Crippen molar-refractivity contribution in [3.8, 4) is 5.75 Å². The van der Waals surface area contributed by atoms with Gasteiger partial charge in [-0.05, 0) is 36.2 Å². The molecule has 0 aliphatic carbocycles. The van der Waals surface area contributed by atoms with Crippen molar-refractivity contribution >= 4 is 11.6 Å². The van der Waals surface area contributed by atoms with E-state index >= 15 is 0 Å². The van der Waals surface area contributed by atoms with Crippen molar-refractivity contribution in [2.45, 2.75) is 13.5 Å². The lowest BCUT2D eigenvalue weighted by atomic mass is 10.1. The van der Waals surface area contributed by atoms with Gasteiger partial charge in [-0.3, -0.25) is 14.9 Å². The number of nitro groups is 1. The molecular weight excluding hydrogens is 272 g/mol. The number of nitrogens with one attached hydrogen (secondary N) is 1. The second-order valence-electron chi connectivity index (χ2n) is 4.63. The van der Waals surface area contributed by atoms with E-state index in [1.165, 1.54) is 24.3 Å². The van der Waals surface area contributed by atoms with Crippen molar-refractivity contribution < 1.29 is 14.8 Å². The molecule has 0 bridgehead atoms. The third-order valence-corrected chi connectivity index (χ3v) is 2.96. The van der Waals surface area contributed by atoms with Gasteiger partial charge >= 0.3 is 0 Å². The molecule has 0 fully saturated rings. The number of carbonyl (C=O) groups is 1. The van der Waals surface area contributed by atoms with Crippen molar-refractivity contribution in [2.24, 2.45) is 0 Å². The molecule has 2 aromatic carbocycles. The van der Waals surface area contributed by atoms with Crippen LogP contribution < -0.4 is 5.32 Å². The standard InChI is InChI=1S/C15H14N2O4/c1-10-5-6-14(17(20)21)13(7-10)15(19)16-9-11-3-2-4-12(18)8-11/h2-8,18H,9H2,1H3,(H,16,19). The van der Waals surface area contributed by atoms with Gasteiger partial charge in [0.25, 0.3) is 11.6 Å². The maximum atomic E-state index is 12.1. The van der Waals surface area contributed by atoms with E-state index < -0.39 is 10.8 Å². The highest BCUT2D eigenvalue weighted by atomic mass is 16.6. The molecule has 0 aromatic heterocycles. The Morgan fingerprint density at radius 1 is 1.29 bits per heavy atom. The van der Waals surface area contributed by atoms with Gasteiger partial charge in [0.05, 0.1) is 4.92 Å². The molecular formula is C15H14N2O4. The zero-order valence-electron chi connectivity index (χ0n) is 11.4. The highest BCUT2D eigenvalue weighted by molar-refractivity contribution is 5.98. The quantitative estimate of drug-likeness (QED) is 0.667. The highest BCUT2D eigenvalue weighted by Gasteiger charge is 2.19. The summed E-state index contributed by atoms with van der Waals surface area (Å²) in [4.78, 5) is 22.5. The normalized spacial score (nSPS) is 10.1. The van der Waals surface area contributed by atoms with Crippen LogP contribution in [0.3, 0.4) is 0 Å². The van der Waals surface area contributed by atoms with Crippen molar-refractivity contribution in [1.29, 1.82) is 0 Å². The highest BCUT2D eigenvalue weighted by Crippen LogP contribution is 2.20. The van der Waals surface area contributed by atoms with E-state index in [9.17, 15) is 20.0 Å². The minimum absolute atomic E-state index is 0.0279. The van der Waals surface area contributed by atoms with Gasteiger partial charge in [-0.25, -0.2) is 0 Å². The molecule has 21 heavy (non-hydrogen) atoms. The summed E-state index contributed by atoms with van der Waals surface area (Å²) >= 11 is 0. The maximum absolute atomic E-state index is 12.1. The first-order valence-corrected chi connectivity index (χ1v) is 6.28. The zero-order chi connectivity index (χ0) is 15.4. The van der Waals surface area contributed by atoms with Crippen LogP contribution in [0.1, 0.15) is 21.5 Å². The third-order valence-electron chi connectivity index (χ3n) is 2.96. The number of hydrogen-bond acceptors (Lipinski definition) is 4. The molecule has 0 saturated heterocycles. The lowest BCUT2D eigenvalue weighted by Crippen LogP contribution is -2.23. The van der Waals surface area contributed by atoms with Crippen LogP contribution in [0.2, 0.25) is 0 Å². The van der Waals surface area contributed by atoms with Crippen LogP contribution in [0.4, 0.5) is 5.69 Å². The largest absolute Gasteiger partial charge is 0.508 e. The fourth-order valence-corrected chi connectivity index (χ4v) is 1.93. The molecule has 0 atom stereocenters. The summed E-state index contributed by atoms with van der Waals surface area (Å²) in [5.41, 5.74) is 1.27. The van der Waals surface area contributed by atoms with Crippen LogP contribution in [-0.2, 0) is 6.54 Å². The Hall–Kier alpha value is -2.89. The molecule has 0 spiro atoms. The number of aromatic hydroxyl groups is 1. The first kappa shape index (κ1) is 14.5. The van der Waals surface area contributed by atoms with Gasteiger partial charge in [0.2, 0.25) is 0 Å². The van der Waals surface area contributed by atoms with Crippen molar-refractivity contribution in [2.75, 3.05) is 0 Å². The lowest BCUT2D eigenvalue weighted by Gasteiger charge is -2.07. The summed E-state index contributed by atoms with van der Waals surface area (Å²) in [6.07, 6.45) is 0. The van der Waals surface area contributed by atoms with Crippen LogP contribution >= 0.6 is 0 Å². The summed E-state index contributed by atoms with van der Waals surface area (Å²) in [6.45, 7) is 1.94. The molecule has 1 amide bonds. The minimum atomic E-state index is -0.581. The van der Waals surface area contributed by atoms with Gasteiger partial charge in [-0.1, -0.05) is 18.2 Å². The Labute approximate surface area is 121 Å². The van der Waals surface area contributed by atoms with Gasteiger partial charge < -0.3 is 10.4 Å². The van der Waals surface area contributed by atoms with Crippen LogP contribution in [0, 0.1) is 17.0 Å². The Morgan fingerprint density at radius 2 is 2.05 bits per heavy atom. The van der Waals surface area contributed by atoms with Crippen molar-refractivity contribution in [1.82, 2.24) is 5.32 Å². The molecule has 2 aromatic rings. The van der Waals surface area contributed by atoms with E-state index in [1.54, 1.807) is 25.1 Å². The van der Waals surface area contributed by atoms with E-state index in [-0.39, 0.29) is 23.5 Å². The Morgan fingerprint density at radius 3 is 2.71 bits per heavy atom. The molecule has 0 aliphatic rings. The van der Waals surface area contributed by atoms with Gasteiger partial charge in [-0.2, -0.15) is 0 Å². The van der Waals surface area contributed by atoms with E-state index in [0.717, 1.165) is 5.56 Å². The number of hydrogen-bond donors (Lipinski definition) is 2. The Balaban J connectivity index is 2.17. The molecule has 108 valence electrons. The van der Waals surface area contributed by atoms with Crippen LogP contribution in [0.15, 0.2) is 42.5 Å². The summed E-state index contributed by atoms with van der Waals surface area (Å²) in [7, 11) is 0. The number of amides is 1. The van der Waals surface area contributed by atoms with Gasteiger partial charge in [0, 0.05) is 12.6 Å². The fraction of sp³-hybridized carbons (Fsp3) is 0.133. The van der Waals surface area contributed by atoms with E-state index in [0.29, 0.717) is 5.56 Å². The van der Waals surface area contributed by atoms with Gasteiger partial charge in [0.15, 0.2) is 0 Å². The zero-order valence-corrected chi connectivity index (χ0v) is 11.4. The first-order valence-electron chi connectivity index (χ1n) is 6.28. The number of nitrogens with zero attached hydrogens (tertiary/aromatic N) is 1. The van der Waals surface area contributed by atoms with Crippen molar-refractivity contribution in [3.05, 3.63) is 69.3 Å². The molecule has 0 heterocycles. The van der Waals surface area contributed by atoms with Crippen LogP contribution in [0.25, 0.3) is 0 Å². The molecule has 0 saturated carbocycles. The topological polar surface area (TPSA) is 92.5 Å². The molecule has 6 heteroatoms. The Kier molecular flexibility index (Phi) is 4.18. The average Bonchev–Trinajstić information content (AvgIpc) is 2.44. The average molecular weight is 286 g/mol. The SMILES string of the molecule is Cc1ccc([N+](=O)[O-])c(C(=O)NCc2cccc(O)c2)c1. The minimum Gasteiger partial charge on any atom is -0.508 e. The summed E-state index contributed by atoms with van der Waals surface area (Å²) in [5.74, 6) is -0.419. The third kappa shape index (κ3) is 3.56. The maximum Gasteiger partial charge on any atom is 0.282 e. The first-order chi connectivity index (χ1) is 9.97. The molecule has 0 radical (unpaired) electrons. The molecule has 0 aliphatic heterocycles. The summed E-state index contributed by atoms with van der Waals surface area (Å²) in [5, 5.41) is 22.9. The number of rotatable bonds is 4. The number of nitro benzene ring substituents is 1. The van der Waals surface area contributed by atoms with E-state index in [4.69, 9.17) is 0 Å². The van der Waals surface area contributed by atoms with Gasteiger partial charge in [0.1, 0.15) is 11.3 Å². The van der Waals surface area contributed by atoms with Crippen LogP contribution in [0.5, 0.6) is 5.75 Å². The van der Waals surface area contributed by atoms with Crippen LogP contribution in [-0.4, -0.2) is 15.9 Å². The predicted octanol–water partition coefficient (Wildman–Crippen LogP) is 2.54. The van der Waals surface area contributed by atoms with Crippen molar-refractivity contribution in [3.63, 3.8) is 0 Å². The summed E-state index contributed by atoms with van der Waals surface area (Å²) < 4.78 is 0. The lowest BCUT2D eigenvalue weighted by molar-refractivity contribution is -0.385. The summed E-state index contributed by atoms with van der Waals surface area (Å²) in [6, 6.07) is 10.8. The van der Waals surface area contributed by atoms with E-state index in [1.807, 2.05) is 0 Å². The number of phenols is 1. The monoisotopic (exact) mass is 286 g/mol. The predicted molar refractivity (Wildman–Crippen MR) is 77.1 cm³/mol.